The molecule has 3 aromatic rings. The monoisotopic (exact) mass is 369 g/mol. The van der Waals surface area contributed by atoms with Crippen LogP contribution in [0.1, 0.15) is 5.56 Å². The maximum Gasteiger partial charge on any atom is 0.340 e. The Kier molecular flexibility index (Phi) is 5.33. The minimum atomic E-state index is -0.402. The van der Waals surface area contributed by atoms with E-state index >= 15 is 0 Å². The van der Waals surface area contributed by atoms with Crippen molar-refractivity contribution >= 4 is 45.1 Å². The van der Waals surface area contributed by atoms with E-state index in [1.165, 1.54) is 7.11 Å². The van der Waals surface area contributed by atoms with Gasteiger partial charge in [-0.1, -0.05) is 0 Å². The summed E-state index contributed by atoms with van der Waals surface area (Å²) in [5, 5.41) is 1.67. The summed E-state index contributed by atoms with van der Waals surface area (Å²) in [5.41, 5.74) is 1.10. The van der Waals surface area contributed by atoms with Crippen LogP contribution in [0.15, 0.2) is 38.1 Å². The van der Waals surface area contributed by atoms with Crippen LogP contribution >= 0.6 is 23.2 Å². The van der Waals surface area contributed by atoms with Crippen LogP contribution in [-0.4, -0.2) is 36.9 Å². The molecule has 0 unspecified atom stereocenters. The lowest BCUT2D eigenvalue weighted by Crippen LogP contribution is -2.29. The number of ether oxygens (including phenoxy) is 1. The van der Waals surface area contributed by atoms with E-state index in [1.807, 2.05) is 23.1 Å². The van der Waals surface area contributed by atoms with Gasteiger partial charge >= 0.3 is 5.63 Å². The molecule has 128 valence electrons. The van der Waals surface area contributed by atoms with Crippen LogP contribution in [0.25, 0.3) is 21.9 Å². The maximum absolute atomic E-state index is 12.4. The van der Waals surface area contributed by atoms with Crippen LogP contribution < -0.4 is 10.4 Å². The van der Waals surface area contributed by atoms with E-state index in [1.54, 1.807) is 6.26 Å². The van der Waals surface area contributed by atoms with Crippen LogP contribution in [-0.2, 0) is 6.54 Å². The highest BCUT2D eigenvalue weighted by atomic mass is 35.5. The second-order valence-electron chi connectivity index (χ2n) is 5.38. The van der Waals surface area contributed by atoms with Crippen LogP contribution in [0.2, 0.25) is 0 Å². The van der Waals surface area contributed by atoms with E-state index in [0.717, 1.165) is 10.8 Å². The molecular weight excluding hydrogens is 353 g/mol. The molecule has 0 N–H and O–H groups in total. The zero-order valence-corrected chi connectivity index (χ0v) is 14.7. The maximum atomic E-state index is 12.4. The summed E-state index contributed by atoms with van der Waals surface area (Å²) in [6, 6.07) is 5.58. The van der Waals surface area contributed by atoms with Gasteiger partial charge in [0.25, 0.3) is 0 Å². The molecule has 0 spiro atoms. The molecule has 3 rings (SSSR count). The lowest BCUT2D eigenvalue weighted by molar-refractivity contribution is 0.294. The largest absolute Gasteiger partial charge is 0.490 e. The number of methoxy groups -OCH3 is 1. The molecular formula is C17H17Cl2NO4. The first-order chi connectivity index (χ1) is 11.7. The lowest BCUT2D eigenvalue weighted by atomic mass is 10.1. The molecule has 5 nitrogen and oxygen atoms in total. The summed E-state index contributed by atoms with van der Waals surface area (Å²) in [6.45, 7) is 1.73. The highest BCUT2D eigenvalue weighted by Crippen LogP contribution is 2.35. The molecule has 0 saturated heterocycles. The van der Waals surface area contributed by atoms with E-state index < -0.39 is 5.63 Å². The molecule has 0 radical (unpaired) electrons. The molecule has 0 aliphatic rings. The minimum Gasteiger partial charge on any atom is -0.490 e. The van der Waals surface area contributed by atoms with Crippen molar-refractivity contribution in [3.63, 3.8) is 0 Å². The van der Waals surface area contributed by atoms with Gasteiger partial charge in [0.15, 0.2) is 11.2 Å². The molecule has 0 fully saturated rings. The number of furan rings is 1. The Balaban J connectivity index is 2.09. The molecule has 2 heterocycles. The van der Waals surface area contributed by atoms with Crippen molar-refractivity contribution in [3.8, 4) is 5.75 Å². The SMILES string of the molecule is COc1c2occc2cc2cc(CN(CCCl)CCCl)c(=O)oc12. The fourth-order valence-electron chi connectivity index (χ4n) is 2.75. The number of halogens is 2. The number of hydrogen-bond acceptors (Lipinski definition) is 5. The fourth-order valence-corrected chi connectivity index (χ4v) is 3.23. The third kappa shape index (κ3) is 3.24. The second kappa shape index (κ2) is 7.47. The van der Waals surface area contributed by atoms with Gasteiger partial charge in [-0.2, -0.15) is 0 Å². The first-order valence-electron chi connectivity index (χ1n) is 7.53. The van der Waals surface area contributed by atoms with Gasteiger partial charge in [-0.25, -0.2) is 4.79 Å². The molecule has 24 heavy (non-hydrogen) atoms. The molecule has 0 aliphatic heterocycles. The Bertz CT molecular complexity index is 897. The van der Waals surface area contributed by atoms with Crippen molar-refractivity contribution in [1.82, 2.24) is 4.90 Å². The topological polar surface area (TPSA) is 55.8 Å². The summed E-state index contributed by atoms with van der Waals surface area (Å²) >= 11 is 11.6. The van der Waals surface area contributed by atoms with Crippen molar-refractivity contribution in [2.45, 2.75) is 6.54 Å². The number of benzene rings is 1. The van der Waals surface area contributed by atoms with Crippen molar-refractivity contribution in [3.05, 3.63) is 40.4 Å². The Morgan fingerprint density at radius 2 is 1.88 bits per heavy atom. The van der Waals surface area contributed by atoms with E-state index in [0.29, 0.717) is 53.9 Å². The first-order valence-corrected chi connectivity index (χ1v) is 8.60. The smallest absolute Gasteiger partial charge is 0.340 e. The standard InChI is InChI=1S/C17H17Cl2NO4/c1-22-16-14-11(2-7-23-14)8-12-9-13(17(21)24-15(12)16)10-20(5-3-18)6-4-19/h2,7-9H,3-6,10H2,1H3. The molecule has 0 atom stereocenters. The number of fused-ring (bicyclic) bond motifs is 2. The van der Waals surface area contributed by atoms with E-state index in [2.05, 4.69) is 0 Å². The Labute approximate surface area is 148 Å². The Hall–Kier alpha value is -1.69. The summed E-state index contributed by atoms with van der Waals surface area (Å²) in [7, 11) is 1.52. The molecule has 1 aromatic carbocycles. The minimum absolute atomic E-state index is 0.384. The average molecular weight is 370 g/mol. The Morgan fingerprint density at radius 3 is 2.54 bits per heavy atom. The van der Waals surface area contributed by atoms with Gasteiger partial charge in [-0.15, -0.1) is 23.2 Å². The molecule has 0 amide bonds. The van der Waals surface area contributed by atoms with Crippen LogP contribution in [0, 0.1) is 0 Å². The van der Waals surface area contributed by atoms with Crippen molar-refractivity contribution in [1.29, 1.82) is 0 Å². The number of rotatable bonds is 7. The summed E-state index contributed by atoms with van der Waals surface area (Å²) in [5.74, 6) is 1.37. The zero-order valence-electron chi connectivity index (χ0n) is 13.2. The van der Waals surface area contributed by atoms with Crippen molar-refractivity contribution in [2.24, 2.45) is 0 Å². The third-order valence-corrected chi connectivity index (χ3v) is 4.21. The van der Waals surface area contributed by atoms with Gasteiger partial charge in [0.1, 0.15) is 0 Å². The quantitative estimate of drug-likeness (QED) is 0.467. The Morgan fingerprint density at radius 1 is 1.12 bits per heavy atom. The number of alkyl halides is 2. The highest BCUT2D eigenvalue weighted by Gasteiger charge is 2.17. The van der Waals surface area contributed by atoms with Crippen LogP contribution in [0.5, 0.6) is 5.75 Å². The summed E-state index contributed by atoms with van der Waals surface area (Å²) < 4.78 is 16.3. The van der Waals surface area contributed by atoms with Gasteiger partial charge in [0.2, 0.25) is 5.75 Å². The average Bonchev–Trinajstić information content (AvgIpc) is 3.02. The van der Waals surface area contributed by atoms with Gasteiger partial charge in [0, 0.05) is 42.2 Å². The molecule has 7 heteroatoms. The van der Waals surface area contributed by atoms with Crippen LogP contribution in [0.4, 0.5) is 0 Å². The van der Waals surface area contributed by atoms with Crippen molar-refractivity contribution < 1.29 is 13.6 Å². The van der Waals surface area contributed by atoms with Gasteiger partial charge < -0.3 is 13.6 Å². The lowest BCUT2D eigenvalue weighted by Gasteiger charge is -2.19. The van der Waals surface area contributed by atoms with Gasteiger partial charge in [-0.3, -0.25) is 4.90 Å². The third-order valence-electron chi connectivity index (χ3n) is 3.87. The number of hydrogen-bond donors (Lipinski definition) is 0. The predicted molar refractivity (Wildman–Crippen MR) is 95.5 cm³/mol. The highest BCUT2D eigenvalue weighted by molar-refractivity contribution is 6.18. The fraction of sp³-hybridized carbons (Fsp3) is 0.353. The second-order valence-corrected chi connectivity index (χ2v) is 6.14. The van der Waals surface area contributed by atoms with E-state index in [4.69, 9.17) is 36.8 Å². The molecule has 0 saturated carbocycles. The number of nitrogens with zero attached hydrogens (tertiary/aromatic N) is 1. The van der Waals surface area contributed by atoms with Gasteiger partial charge in [0.05, 0.1) is 18.9 Å². The summed E-state index contributed by atoms with van der Waals surface area (Å²) in [4.78, 5) is 14.4. The van der Waals surface area contributed by atoms with E-state index in [9.17, 15) is 4.79 Å². The predicted octanol–water partition coefficient (Wildman–Crippen LogP) is 3.83. The first kappa shape index (κ1) is 17.1. The molecule has 0 bridgehead atoms. The van der Waals surface area contributed by atoms with Crippen LogP contribution in [0.3, 0.4) is 0 Å². The molecule has 2 aromatic heterocycles. The zero-order chi connectivity index (χ0) is 17.1. The van der Waals surface area contributed by atoms with Crippen molar-refractivity contribution in [2.75, 3.05) is 32.0 Å². The van der Waals surface area contributed by atoms with E-state index in [-0.39, 0.29) is 0 Å². The molecule has 0 aliphatic carbocycles. The normalized spacial score (nSPS) is 11.7. The van der Waals surface area contributed by atoms with Gasteiger partial charge in [-0.05, 0) is 18.2 Å². The summed E-state index contributed by atoms with van der Waals surface area (Å²) in [6.07, 6.45) is 1.58.